The summed E-state index contributed by atoms with van der Waals surface area (Å²) >= 11 is 0. The highest BCUT2D eigenvalue weighted by Crippen LogP contribution is 2.28. The van der Waals surface area contributed by atoms with Crippen molar-refractivity contribution in [3.63, 3.8) is 0 Å². The quantitative estimate of drug-likeness (QED) is 0.458. The summed E-state index contributed by atoms with van der Waals surface area (Å²) in [4.78, 5) is 18.2. The molecule has 0 bridgehead atoms. The van der Waals surface area contributed by atoms with Crippen LogP contribution in [0.4, 0.5) is 17.6 Å². The number of ether oxygens (including phenoxy) is 1. The molecule has 1 fully saturated rings. The maximum Gasteiger partial charge on any atom is 0.230 e. The molecule has 1 saturated heterocycles. The highest BCUT2D eigenvalue weighted by atomic mass is 16.5. The van der Waals surface area contributed by atoms with Gasteiger partial charge in [0.1, 0.15) is 5.65 Å². The van der Waals surface area contributed by atoms with Crippen molar-refractivity contribution in [2.45, 2.75) is 25.4 Å². The molecule has 4 aromatic rings. The second-order valence-electron chi connectivity index (χ2n) is 8.55. The lowest BCUT2D eigenvalue weighted by atomic mass is 10.0. The van der Waals surface area contributed by atoms with Crippen molar-refractivity contribution >= 4 is 39.5 Å². The molecule has 0 spiro atoms. The van der Waals surface area contributed by atoms with Gasteiger partial charge in [0.2, 0.25) is 5.95 Å². The monoisotopic (exact) mass is 447 g/mol. The van der Waals surface area contributed by atoms with Crippen LogP contribution in [0.5, 0.6) is 0 Å². The molecule has 0 atom stereocenters. The van der Waals surface area contributed by atoms with E-state index in [0.29, 0.717) is 31.0 Å². The summed E-state index contributed by atoms with van der Waals surface area (Å²) < 4.78 is 7.40. The molecule has 0 aliphatic carbocycles. The third kappa shape index (κ3) is 4.31. The first-order chi connectivity index (χ1) is 16.1. The largest absolute Gasteiger partial charge is 0.383 e. The van der Waals surface area contributed by atoms with Crippen molar-refractivity contribution in [2.24, 2.45) is 0 Å². The fraction of sp³-hybridized carbons (Fsp3) is 0.435. The van der Waals surface area contributed by atoms with Crippen LogP contribution in [0.3, 0.4) is 0 Å². The minimum atomic E-state index is 0.478. The lowest BCUT2D eigenvalue weighted by molar-refractivity contribution is 0.189. The number of anilines is 3. The van der Waals surface area contributed by atoms with E-state index < -0.39 is 0 Å². The summed E-state index contributed by atoms with van der Waals surface area (Å²) in [7, 11) is 5.99. The van der Waals surface area contributed by atoms with Crippen LogP contribution in [0.25, 0.3) is 21.9 Å². The minimum absolute atomic E-state index is 0.478. The molecule has 0 aromatic carbocycles. The van der Waals surface area contributed by atoms with E-state index in [-0.39, 0.29) is 0 Å². The molecule has 4 aromatic heterocycles. The Bertz CT molecular complexity index is 1230. The summed E-state index contributed by atoms with van der Waals surface area (Å²) in [5.74, 6) is 1.99. The van der Waals surface area contributed by atoms with Crippen molar-refractivity contribution in [3.05, 3.63) is 36.8 Å². The molecular formula is C23H29N9O. The van der Waals surface area contributed by atoms with Crippen molar-refractivity contribution in [2.75, 3.05) is 51.1 Å². The van der Waals surface area contributed by atoms with Gasteiger partial charge in [-0.1, -0.05) is 0 Å². The van der Waals surface area contributed by atoms with Crippen LogP contribution < -0.4 is 10.2 Å². The van der Waals surface area contributed by atoms with Gasteiger partial charge in [-0.15, -0.1) is 10.2 Å². The fourth-order valence-electron chi connectivity index (χ4n) is 4.47. The van der Waals surface area contributed by atoms with E-state index in [4.69, 9.17) is 9.72 Å². The Balaban J connectivity index is 1.35. The SMILES string of the molecule is COCCn1c2cnccc2c2cnc(Nc3ccc(N4CCC(N(C)C)CC4)nn3)nc21. The summed E-state index contributed by atoms with van der Waals surface area (Å²) in [5.41, 5.74) is 1.85. The molecule has 33 heavy (non-hydrogen) atoms. The number of nitrogens with one attached hydrogen (secondary N) is 1. The van der Waals surface area contributed by atoms with Gasteiger partial charge in [-0.25, -0.2) is 4.98 Å². The summed E-state index contributed by atoms with van der Waals surface area (Å²) in [6, 6.07) is 6.56. The fourth-order valence-corrected chi connectivity index (χ4v) is 4.47. The molecule has 5 rings (SSSR count). The number of hydrogen-bond donors (Lipinski definition) is 1. The summed E-state index contributed by atoms with van der Waals surface area (Å²) in [6.45, 7) is 3.24. The molecule has 0 amide bonds. The number of hydrogen-bond acceptors (Lipinski definition) is 9. The Morgan fingerprint density at radius 3 is 2.67 bits per heavy atom. The summed E-state index contributed by atoms with van der Waals surface area (Å²) in [6.07, 6.45) is 7.75. The van der Waals surface area contributed by atoms with E-state index in [1.807, 2.05) is 30.6 Å². The second kappa shape index (κ2) is 9.24. The Hall–Kier alpha value is -3.37. The average Bonchev–Trinajstić information content (AvgIpc) is 3.16. The zero-order valence-electron chi connectivity index (χ0n) is 19.3. The number of rotatable bonds is 7. The van der Waals surface area contributed by atoms with Crippen molar-refractivity contribution < 1.29 is 4.74 Å². The third-order valence-electron chi connectivity index (χ3n) is 6.33. The number of pyridine rings is 1. The normalized spacial score (nSPS) is 15.1. The van der Waals surface area contributed by atoms with Gasteiger partial charge in [0.15, 0.2) is 11.6 Å². The zero-order valence-corrected chi connectivity index (χ0v) is 19.3. The number of aromatic nitrogens is 6. The van der Waals surface area contributed by atoms with Crippen molar-refractivity contribution in [1.29, 1.82) is 0 Å². The molecule has 172 valence electrons. The number of methoxy groups -OCH3 is 1. The minimum Gasteiger partial charge on any atom is -0.383 e. The second-order valence-corrected chi connectivity index (χ2v) is 8.55. The van der Waals surface area contributed by atoms with Gasteiger partial charge in [-0.05, 0) is 45.1 Å². The molecular weight excluding hydrogens is 418 g/mol. The van der Waals surface area contributed by atoms with Crippen molar-refractivity contribution in [1.82, 2.24) is 34.6 Å². The predicted molar refractivity (Wildman–Crippen MR) is 129 cm³/mol. The number of nitrogens with zero attached hydrogens (tertiary/aromatic N) is 8. The van der Waals surface area contributed by atoms with Gasteiger partial charge >= 0.3 is 0 Å². The average molecular weight is 448 g/mol. The van der Waals surface area contributed by atoms with Gasteiger partial charge in [-0.3, -0.25) is 4.98 Å². The van der Waals surface area contributed by atoms with Crippen LogP contribution in [0, 0.1) is 0 Å². The van der Waals surface area contributed by atoms with Gasteiger partial charge in [0.05, 0.1) is 18.3 Å². The highest BCUT2D eigenvalue weighted by Gasteiger charge is 2.21. The number of fused-ring (bicyclic) bond motifs is 3. The van der Waals surface area contributed by atoms with Crippen LogP contribution in [0.1, 0.15) is 12.8 Å². The molecule has 0 unspecified atom stereocenters. The Labute approximate surface area is 192 Å². The Kier molecular flexibility index (Phi) is 6.01. The van der Waals surface area contributed by atoms with Crippen LogP contribution >= 0.6 is 0 Å². The molecule has 10 heteroatoms. The molecule has 10 nitrogen and oxygen atoms in total. The predicted octanol–water partition coefficient (Wildman–Crippen LogP) is 2.69. The maximum absolute atomic E-state index is 5.29. The first-order valence-electron chi connectivity index (χ1n) is 11.2. The molecule has 0 saturated carbocycles. The van der Waals surface area contributed by atoms with Gasteiger partial charge < -0.3 is 24.4 Å². The van der Waals surface area contributed by atoms with E-state index in [2.05, 4.69) is 53.9 Å². The summed E-state index contributed by atoms with van der Waals surface area (Å²) in [5, 5.41) is 14.1. The first-order valence-corrected chi connectivity index (χ1v) is 11.2. The molecule has 1 aliphatic rings. The van der Waals surface area contributed by atoms with E-state index in [1.165, 1.54) is 0 Å². The van der Waals surface area contributed by atoms with E-state index in [9.17, 15) is 0 Å². The van der Waals surface area contributed by atoms with Gasteiger partial charge in [-0.2, -0.15) is 4.98 Å². The molecule has 1 N–H and O–H groups in total. The van der Waals surface area contributed by atoms with Crippen LogP contribution in [-0.2, 0) is 11.3 Å². The Morgan fingerprint density at radius 2 is 1.94 bits per heavy atom. The smallest absolute Gasteiger partial charge is 0.230 e. The van der Waals surface area contributed by atoms with Crippen LogP contribution in [0.2, 0.25) is 0 Å². The molecule has 1 aliphatic heterocycles. The lowest BCUT2D eigenvalue weighted by Gasteiger charge is -2.35. The van der Waals surface area contributed by atoms with Crippen LogP contribution in [-0.4, -0.2) is 81.6 Å². The lowest BCUT2D eigenvalue weighted by Crippen LogP contribution is -2.42. The van der Waals surface area contributed by atoms with E-state index >= 15 is 0 Å². The third-order valence-corrected chi connectivity index (χ3v) is 6.33. The Morgan fingerprint density at radius 1 is 1.09 bits per heavy atom. The van der Waals surface area contributed by atoms with Crippen molar-refractivity contribution in [3.8, 4) is 0 Å². The zero-order chi connectivity index (χ0) is 22.8. The first kappa shape index (κ1) is 21.5. The standard InChI is InChI=1S/C23H29N9O/c1-30(2)16-7-10-31(11-8-16)21-5-4-20(28-29-21)26-23-25-14-18-17-6-9-24-15-19(17)32(12-13-33-3)22(18)27-23/h4-6,9,14-16H,7-8,10-13H2,1-3H3,(H,25,26,27,28). The van der Waals surface area contributed by atoms with Gasteiger partial charge in [0.25, 0.3) is 0 Å². The molecule has 0 radical (unpaired) electrons. The van der Waals surface area contributed by atoms with E-state index in [1.54, 1.807) is 13.3 Å². The maximum atomic E-state index is 5.29. The van der Waals surface area contributed by atoms with E-state index in [0.717, 1.165) is 53.7 Å². The van der Waals surface area contributed by atoms with Gasteiger partial charge in [0, 0.05) is 56.0 Å². The topological polar surface area (TPSA) is 97.1 Å². The number of piperidine rings is 1. The molecule has 5 heterocycles. The highest BCUT2D eigenvalue weighted by molar-refractivity contribution is 6.06. The van der Waals surface area contributed by atoms with Crippen LogP contribution in [0.15, 0.2) is 36.8 Å².